The average molecular weight is 420 g/mol. The van der Waals surface area contributed by atoms with E-state index in [1.165, 1.54) is 12.4 Å². The normalized spacial score (nSPS) is 19.1. The van der Waals surface area contributed by atoms with E-state index in [4.69, 9.17) is 0 Å². The molecule has 1 N–H and O–H groups in total. The van der Waals surface area contributed by atoms with Crippen molar-refractivity contribution in [1.82, 2.24) is 14.9 Å². The number of aromatic nitrogens is 2. The summed E-state index contributed by atoms with van der Waals surface area (Å²) in [6.07, 6.45) is 0.338. The van der Waals surface area contributed by atoms with Crippen LogP contribution in [0, 0.1) is 5.92 Å². The number of hydrogen-bond donors (Lipinski definition) is 1. The summed E-state index contributed by atoms with van der Waals surface area (Å²) >= 11 is 0. The first kappa shape index (κ1) is 20.7. The summed E-state index contributed by atoms with van der Waals surface area (Å²) in [4.78, 5) is 34.1. The van der Waals surface area contributed by atoms with E-state index >= 15 is 0 Å². The van der Waals surface area contributed by atoms with Crippen LogP contribution in [0.4, 0.5) is 19.0 Å². The molecule has 1 aromatic carbocycles. The Kier molecular flexibility index (Phi) is 5.73. The minimum atomic E-state index is -4.46. The lowest BCUT2D eigenvalue weighted by atomic mass is 9.86. The highest BCUT2D eigenvalue weighted by Crippen LogP contribution is 2.33. The Morgan fingerprint density at radius 1 is 1.17 bits per heavy atom. The summed E-state index contributed by atoms with van der Waals surface area (Å²) < 4.78 is 39.0. The summed E-state index contributed by atoms with van der Waals surface area (Å²) in [5.41, 5.74) is -0.397. The van der Waals surface area contributed by atoms with Gasteiger partial charge in [-0.1, -0.05) is 0 Å². The van der Waals surface area contributed by atoms with Gasteiger partial charge in [-0.05, 0) is 37.0 Å². The molecular weight excluding hydrogens is 397 g/mol. The number of anilines is 1. The average Bonchev–Trinajstić information content (AvgIpc) is 2.68. The summed E-state index contributed by atoms with van der Waals surface area (Å²) in [6, 6.07) is 3.73. The zero-order chi connectivity index (χ0) is 21.3. The number of likely N-dealkylation sites (tertiary alicyclic amines) is 1. The van der Waals surface area contributed by atoms with E-state index in [1.807, 2.05) is 0 Å². The van der Waals surface area contributed by atoms with Crippen LogP contribution in [0.15, 0.2) is 24.5 Å². The molecule has 0 unspecified atom stereocenters. The molecule has 2 aromatic rings. The number of rotatable bonds is 6. The second-order valence-electron chi connectivity index (χ2n) is 8.14. The van der Waals surface area contributed by atoms with Crippen LogP contribution >= 0.6 is 0 Å². The Morgan fingerprint density at radius 3 is 2.60 bits per heavy atom. The highest BCUT2D eigenvalue weighted by Gasteiger charge is 2.35. The highest BCUT2D eigenvalue weighted by molar-refractivity contribution is 5.91. The van der Waals surface area contributed by atoms with Crippen molar-refractivity contribution in [3.8, 4) is 0 Å². The number of alkyl halides is 3. The topological polar surface area (TPSA) is 75.2 Å². The molecule has 4 rings (SSSR count). The van der Waals surface area contributed by atoms with Crippen molar-refractivity contribution < 1.29 is 22.8 Å². The number of Topliss-reactive ketones (excluding diaryl/α,β-unsaturated/α-hetero) is 2. The standard InChI is InChI=1S/C21H23F3N4O2/c22-21(23,24)14-1-6-19-18(8-14)20(27-12-26-19)25-9-17(30)7-13-10-28(11-13)15-2-4-16(29)5-3-15/h1,6,8,12-13,15H,2-5,7,9-11H2,(H,25,26,27). The quantitative estimate of drug-likeness (QED) is 0.772. The van der Waals surface area contributed by atoms with Gasteiger partial charge >= 0.3 is 6.18 Å². The summed E-state index contributed by atoms with van der Waals surface area (Å²) in [5.74, 6) is 0.846. The smallest absolute Gasteiger partial charge is 0.362 e. The molecule has 30 heavy (non-hydrogen) atoms. The number of carbonyl (C=O) groups excluding carboxylic acids is 2. The molecule has 0 spiro atoms. The Balaban J connectivity index is 1.30. The fourth-order valence-electron chi connectivity index (χ4n) is 4.28. The zero-order valence-corrected chi connectivity index (χ0v) is 16.4. The lowest BCUT2D eigenvalue weighted by Gasteiger charge is -2.45. The number of benzene rings is 1. The maximum absolute atomic E-state index is 13.0. The number of nitrogens with one attached hydrogen (secondary N) is 1. The van der Waals surface area contributed by atoms with Gasteiger partial charge in [0.2, 0.25) is 0 Å². The molecule has 0 radical (unpaired) electrons. The summed E-state index contributed by atoms with van der Waals surface area (Å²) in [5, 5.41) is 3.12. The molecule has 1 aliphatic carbocycles. The SMILES string of the molecule is O=C1CCC(N2CC(CC(=O)CNc3ncnc4ccc(C(F)(F)F)cc34)C2)CC1. The van der Waals surface area contributed by atoms with Crippen molar-refractivity contribution in [2.24, 2.45) is 5.92 Å². The van der Waals surface area contributed by atoms with Gasteiger partial charge in [0.25, 0.3) is 0 Å². The van der Waals surface area contributed by atoms with Gasteiger partial charge in [0.15, 0.2) is 5.78 Å². The number of carbonyl (C=O) groups is 2. The fourth-order valence-corrected chi connectivity index (χ4v) is 4.28. The van der Waals surface area contributed by atoms with E-state index in [9.17, 15) is 22.8 Å². The van der Waals surface area contributed by atoms with E-state index in [0.29, 0.717) is 36.6 Å². The molecule has 2 heterocycles. The molecule has 6 nitrogen and oxygen atoms in total. The minimum Gasteiger partial charge on any atom is -0.362 e. The number of fused-ring (bicyclic) bond motifs is 1. The predicted molar refractivity (Wildman–Crippen MR) is 105 cm³/mol. The molecule has 1 aromatic heterocycles. The summed E-state index contributed by atoms with van der Waals surface area (Å²) in [7, 11) is 0. The van der Waals surface area contributed by atoms with Crippen molar-refractivity contribution >= 4 is 28.3 Å². The lowest BCUT2D eigenvalue weighted by Crippen LogP contribution is -2.53. The van der Waals surface area contributed by atoms with E-state index in [0.717, 1.165) is 38.1 Å². The van der Waals surface area contributed by atoms with Crippen molar-refractivity contribution in [3.63, 3.8) is 0 Å². The molecular formula is C21H23F3N4O2. The van der Waals surface area contributed by atoms with Crippen molar-refractivity contribution in [2.45, 2.75) is 44.3 Å². The van der Waals surface area contributed by atoms with Crippen LogP contribution in [0.3, 0.4) is 0 Å². The van der Waals surface area contributed by atoms with Crippen LogP contribution in [-0.4, -0.2) is 52.1 Å². The molecule has 1 saturated heterocycles. The number of halogens is 3. The number of nitrogens with zero attached hydrogens (tertiary/aromatic N) is 3. The Hall–Kier alpha value is -2.55. The molecule has 9 heteroatoms. The molecule has 160 valence electrons. The highest BCUT2D eigenvalue weighted by atomic mass is 19.4. The first-order chi connectivity index (χ1) is 14.3. The number of ketones is 2. The molecule has 0 atom stereocenters. The van der Waals surface area contributed by atoms with Crippen LogP contribution in [0.5, 0.6) is 0 Å². The third-order valence-electron chi connectivity index (χ3n) is 5.95. The Morgan fingerprint density at radius 2 is 1.90 bits per heavy atom. The maximum Gasteiger partial charge on any atom is 0.416 e. The molecule has 2 aliphatic rings. The van der Waals surface area contributed by atoms with Gasteiger partial charge in [-0.15, -0.1) is 0 Å². The van der Waals surface area contributed by atoms with Gasteiger partial charge in [0.1, 0.15) is 17.9 Å². The number of hydrogen-bond acceptors (Lipinski definition) is 6. The van der Waals surface area contributed by atoms with E-state index < -0.39 is 11.7 Å². The molecule has 0 amide bonds. The van der Waals surface area contributed by atoms with Gasteiger partial charge < -0.3 is 5.32 Å². The molecule has 0 bridgehead atoms. The summed E-state index contributed by atoms with van der Waals surface area (Å²) in [6.45, 7) is 1.72. The maximum atomic E-state index is 13.0. The third kappa shape index (κ3) is 4.61. The van der Waals surface area contributed by atoms with Crippen molar-refractivity contribution in [3.05, 3.63) is 30.1 Å². The van der Waals surface area contributed by atoms with Crippen LogP contribution < -0.4 is 5.32 Å². The van der Waals surface area contributed by atoms with E-state index in [-0.39, 0.29) is 29.4 Å². The van der Waals surface area contributed by atoms with Crippen LogP contribution in [-0.2, 0) is 15.8 Å². The van der Waals surface area contributed by atoms with Crippen LogP contribution in [0.1, 0.15) is 37.7 Å². The van der Waals surface area contributed by atoms with Crippen molar-refractivity contribution in [1.29, 1.82) is 0 Å². The monoisotopic (exact) mass is 420 g/mol. The second-order valence-corrected chi connectivity index (χ2v) is 8.14. The van der Waals surface area contributed by atoms with Crippen LogP contribution in [0.25, 0.3) is 10.9 Å². The first-order valence-electron chi connectivity index (χ1n) is 10.1. The molecule has 1 aliphatic heterocycles. The van der Waals surface area contributed by atoms with Gasteiger partial charge in [-0.3, -0.25) is 14.5 Å². The van der Waals surface area contributed by atoms with E-state index in [1.54, 1.807) is 0 Å². The third-order valence-corrected chi connectivity index (χ3v) is 5.95. The molecule has 2 fully saturated rings. The van der Waals surface area contributed by atoms with Gasteiger partial charge in [-0.2, -0.15) is 13.2 Å². The van der Waals surface area contributed by atoms with Crippen LogP contribution in [0.2, 0.25) is 0 Å². The predicted octanol–water partition coefficient (Wildman–Crippen LogP) is 3.46. The van der Waals surface area contributed by atoms with Gasteiger partial charge in [0.05, 0.1) is 17.6 Å². The van der Waals surface area contributed by atoms with Gasteiger partial charge in [-0.25, -0.2) is 9.97 Å². The zero-order valence-electron chi connectivity index (χ0n) is 16.4. The minimum absolute atomic E-state index is 0.00258. The first-order valence-corrected chi connectivity index (χ1v) is 10.1. The van der Waals surface area contributed by atoms with E-state index in [2.05, 4.69) is 20.2 Å². The molecule has 1 saturated carbocycles. The Bertz CT molecular complexity index is 947. The van der Waals surface area contributed by atoms with Crippen molar-refractivity contribution in [2.75, 3.05) is 25.0 Å². The Labute approximate surface area is 171 Å². The van der Waals surface area contributed by atoms with Gasteiger partial charge in [0, 0.05) is 43.8 Å². The fraction of sp³-hybridized carbons (Fsp3) is 0.524. The lowest BCUT2D eigenvalue weighted by molar-refractivity contribution is -0.137. The second kappa shape index (κ2) is 8.29. The largest absolute Gasteiger partial charge is 0.416 e.